The van der Waals surface area contributed by atoms with Crippen LogP contribution in [0.5, 0.6) is 0 Å². The SMILES string of the molecule is CCOC1=NS(=O)(=O)NC1OCC. The molecule has 0 saturated heterocycles. The van der Waals surface area contributed by atoms with Gasteiger partial charge >= 0.3 is 10.2 Å². The summed E-state index contributed by atoms with van der Waals surface area (Å²) >= 11 is 0. The summed E-state index contributed by atoms with van der Waals surface area (Å²) in [5.74, 6) is 0.0735. The van der Waals surface area contributed by atoms with Crippen LogP contribution in [0.4, 0.5) is 0 Å². The smallest absolute Gasteiger partial charge is 0.325 e. The van der Waals surface area contributed by atoms with Crippen molar-refractivity contribution < 1.29 is 17.9 Å². The number of nitrogens with one attached hydrogen (secondary N) is 1. The number of ether oxygens (including phenoxy) is 2. The van der Waals surface area contributed by atoms with E-state index >= 15 is 0 Å². The van der Waals surface area contributed by atoms with Crippen LogP contribution in [-0.4, -0.2) is 33.8 Å². The molecule has 0 spiro atoms. The molecule has 0 fully saturated rings. The van der Waals surface area contributed by atoms with Gasteiger partial charge in [0.2, 0.25) is 5.90 Å². The molecule has 1 atom stereocenters. The lowest BCUT2D eigenvalue weighted by atomic mass is 10.6. The highest BCUT2D eigenvalue weighted by molar-refractivity contribution is 7.88. The van der Waals surface area contributed by atoms with Crippen molar-refractivity contribution in [1.82, 2.24) is 4.72 Å². The van der Waals surface area contributed by atoms with Crippen molar-refractivity contribution in [1.29, 1.82) is 0 Å². The van der Waals surface area contributed by atoms with Crippen LogP contribution in [0.1, 0.15) is 13.8 Å². The van der Waals surface area contributed by atoms with Gasteiger partial charge in [0.1, 0.15) is 0 Å². The van der Waals surface area contributed by atoms with E-state index in [9.17, 15) is 8.42 Å². The maximum atomic E-state index is 10.9. The molecule has 7 heteroatoms. The molecule has 1 rings (SSSR count). The van der Waals surface area contributed by atoms with Crippen molar-refractivity contribution in [3.05, 3.63) is 0 Å². The summed E-state index contributed by atoms with van der Waals surface area (Å²) in [7, 11) is -3.60. The third kappa shape index (κ3) is 2.64. The van der Waals surface area contributed by atoms with Gasteiger partial charge in [-0.3, -0.25) is 0 Å². The van der Waals surface area contributed by atoms with Gasteiger partial charge in [-0.1, -0.05) is 0 Å². The van der Waals surface area contributed by atoms with E-state index in [0.717, 1.165) is 0 Å². The molecule has 0 radical (unpaired) electrons. The molecule has 1 unspecified atom stereocenters. The zero-order chi connectivity index (χ0) is 9.90. The summed E-state index contributed by atoms with van der Waals surface area (Å²) in [6.07, 6.45) is -0.769. The van der Waals surface area contributed by atoms with E-state index in [0.29, 0.717) is 13.2 Å². The number of rotatable bonds is 3. The first-order valence-corrected chi connectivity index (χ1v) is 5.39. The molecule has 0 aliphatic carbocycles. The fourth-order valence-corrected chi connectivity index (χ4v) is 1.78. The number of nitrogens with zero attached hydrogens (tertiary/aromatic N) is 1. The normalized spacial score (nSPS) is 25.7. The quantitative estimate of drug-likeness (QED) is 0.686. The number of hydrogen-bond acceptors (Lipinski definition) is 4. The van der Waals surface area contributed by atoms with Crippen LogP contribution < -0.4 is 4.72 Å². The van der Waals surface area contributed by atoms with Crippen LogP contribution in [0.2, 0.25) is 0 Å². The Kier molecular flexibility index (Phi) is 3.23. The van der Waals surface area contributed by atoms with E-state index in [1.807, 2.05) is 0 Å². The Morgan fingerprint density at radius 2 is 2.15 bits per heavy atom. The molecule has 6 nitrogen and oxygen atoms in total. The molecule has 0 saturated carbocycles. The molecule has 0 bridgehead atoms. The molecule has 13 heavy (non-hydrogen) atoms. The molecule has 0 aromatic heterocycles. The molecule has 1 aliphatic rings. The molecule has 1 N–H and O–H groups in total. The lowest BCUT2D eigenvalue weighted by Gasteiger charge is -2.11. The maximum Gasteiger partial charge on any atom is 0.325 e. The second-order valence-electron chi connectivity index (χ2n) is 2.29. The Balaban J connectivity index is 2.73. The zero-order valence-corrected chi connectivity index (χ0v) is 8.30. The second kappa shape index (κ2) is 4.03. The summed E-state index contributed by atoms with van der Waals surface area (Å²) in [5, 5.41) is 0. The minimum atomic E-state index is -3.60. The lowest BCUT2D eigenvalue weighted by molar-refractivity contribution is 0.0853. The standard InChI is InChI=1S/C6H12N2O4S/c1-3-11-5-6(12-4-2)8-13(9,10)7-5/h5,7H,3-4H2,1-2H3. The van der Waals surface area contributed by atoms with E-state index in [4.69, 9.17) is 9.47 Å². The van der Waals surface area contributed by atoms with E-state index in [1.54, 1.807) is 13.8 Å². The molecular formula is C6H12N2O4S. The molecule has 1 heterocycles. The summed E-state index contributed by atoms with van der Waals surface area (Å²) in [6.45, 7) is 4.26. The lowest BCUT2D eigenvalue weighted by Crippen LogP contribution is -2.36. The second-order valence-corrected chi connectivity index (χ2v) is 3.66. The molecule has 76 valence electrons. The van der Waals surface area contributed by atoms with Gasteiger partial charge in [0.15, 0.2) is 6.23 Å². The van der Waals surface area contributed by atoms with Crippen LogP contribution in [0.25, 0.3) is 0 Å². The minimum absolute atomic E-state index is 0.0735. The van der Waals surface area contributed by atoms with E-state index in [-0.39, 0.29) is 5.90 Å². The third-order valence-corrected chi connectivity index (χ3v) is 2.25. The predicted octanol–water partition coefficient (Wildman–Crippen LogP) is -0.368. The van der Waals surface area contributed by atoms with Crippen molar-refractivity contribution in [3.63, 3.8) is 0 Å². The highest BCUT2D eigenvalue weighted by atomic mass is 32.2. The average molecular weight is 208 g/mol. The average Bonchev–Trinajstić information content (AvgIpc) is 2.28. The van der Waals surface area contributed by atoms with Crippen LogP contribution in [-0.2, 0) is 19.7 Å². The Labute approximate surface area is 77.1 Å². The molecule has 0 aromatic carbocycles. The first kappa shape index (κ1) is 10.4. The largest absolute Gasteiger partial charge is 0.478 e. The maximum absolute atomic E-state index is 10.9. The molecular weight excluding hydrogens is 196 g/mol. The van der Waals surface area contributed by atoms with Crippen LogP contribution in [0, 0.1) is 0 Å². The van der Waals surface area contributed by atoms with Crippen LogP contribution in [0.3, 0.4) is 0 Å². The molecule has 0 aromatic rings. The zero-order valence-electron chi connectivity index (χ0n) is 7.48. The highest BCUT2D eigenvalue weighted by Gasteiger charge is 2.32. The minimum Gasteiger partial charge on any atom is -0.478 e. The van der Waals surface area contributed by atoms with Gasteiger partial charge in [0.25, 0.3) is 0 Å². The highest BCUT2D eigenvalue weighted by Crippen LogP contribution is 2.07. The Morgan fingerprint density at radius 3 is 2.69 bits per heavy atom. The van der Waals surface area contributed by atoms with Crippen molar-refractivity contribution >= 4 is 16.1 Å². The third-order valence-electron chi connectivity index (χ3n) is 1.32. The summed E-state index contributed by atoms with van der Waals surface area (Å²) < 4.78 is 37.5. The molecule has 0 amide bonds. The molecule has 1 aliphatic heterocycles. The topological polar surface area (TPSA) is 77.0 Å². The van der Waals surface area contributed by atoms with Crippen molar-refractivity contribution in [3.8, 4) is 0 Å². The van der Waals surface area contributed by atoms with Gasteiger partial charge in [-0.25, -0.2) is 0 Å². The summed E-state index contributed by atoms with van der Waals surface area (Å²) in [6, 6.07) is 0. The van der Waals surface area contributed by atoms with E-state index in [1.165, 1.54) is 0 Å². The Bertz CT molecular complexity index is 298. The monoisotopic (exact) mass is 208 g/mol. The van der Waals surface area contributed by atoms with Gasteiger partial charge in [-0.2, -0.15) is 13.1 Å². The first-order valence-electron chi connectivity index (χ1n) is 3.95. The van der Waals surface area contributed by atoms with Crippen molar-refractivity contribution in [2.45, 2.75) is 20.1 Å². The van der Waals surface area contributed by atoms with E-state index in [2.05, 4.69) is 9.12 Å². The van der Waals surface area contributed by atoms with E-state index < -0.39 is 16.4 Å². The van der Waals surface area contributed by atoms with Crippen molar-refractivity contribution in [2.24, 2.45) is 4.40 Å². The van der Waals surface area contributed by atoms with Crippen LogP contribution >= 0.6 is 0 Å². The number of hydrogen-bond donors (Lipinski definition) is 1. The Hall–Kier alpha value is -0.660. The van der Waals surface area contributed by atoms with Crippen molar-refractivity contribution in [2.75, 3.05) is 13.2 Å². The predicted molar refractivity (Wildman–Crippen MR) is 46.5 cm³/mol. The van der Waals surface area contributed by atoms with Gasteiger partial charge in [-0.05, 0) is 13.8 Å². The van der Waals surface area contributed by atoms with Gasteiger partial charge in [0.05, 0.1) is 6.61 Å². The van der Waals surface area contributed by atoms with Gasteiger partial charge in [-0.15, -0.1) is 4.40 Å². The van der Waals surface area contributed by atoms with Crippen LogP contribution in [0.15, 0.2) is 4.40 Å². The fourth-order valence-electron chi connectivity index (χ4n) is 0.900. The van der Waals surface area contributed by atoms with Gasteiger partial charge < -0.3 is 9.47 Å². The summed E-state index contributed by atoms with van der Waals surface area (Å²) in [5.41, 5.74) is 0. The first-order chi connectivity index (χ1) is 6.09. The van der Waals surface area contributed by atoms with Gasteiger partial charge in [0, 0.05) is 6.61 Å². The summed E-state index contributed by atoms with van der Waals surface area (Å²) in [4.78, 5) is 0. The fraction of sp³-hybridized carbons (Fsp3) is 0.833. The Morgan fingerprint density at radius 1 is 1.46 bits per heavy atom.